The summed E-state index contributed by atoms with van der Waals surface area (Å²) in [5.74, 6) is -0.817. The third-order valence-corrected chi connectivity index (χ3v) is 2.22. The lowest BCUT2D eigenvalue weighted by atomic mass is 10.0. The Balaban J connectivity index is 3.18. The minimum absolute atomic E-state index is 0.239. The number of Topliss-reactive ketones (excluding diaryl/α,β-unsaturated/α-hetero) is 1. The van der Waals surface area contributed by atoms with Gasteiger partial charge in [0.25, 0.3) is 0 Å². The number of hydrogen-bond acceptors (Lipinski definition) is 4. The fourth-order valence-corrected chi connectivity index (χ4v) is 1.39. The number of hydrogen-bond donors (Lipinski definition) is 1. The lowest BCUT2D eigenvalue weighted by Gasteiger charge is -2.06. The van der Waals surface area contributed by atoms with E-state index < -0.39 is 11.3 Å². The summed E-state index contributed by atoms with van der Waals surface area (Å²) in [5.41, 5.74) is 6.46. The monoisotopic (exact) mass is 241 g/mol. The fourth-order valence-electron chi connectivity index (χ4n) is 1.26. The molecule has 0 aliphatic carbocycles. The summed E-state index contributed by atoms with van der Waals surface area (Å²) in [6.45, 7) is 1.56. The van der Waals surface area contributed by atoms with Gasteiger partial charge in [0.05, 0.1) is 18.1 Å². The first-order chi connectivity index (χ1) is 7.45. The van der Waals surface area contributed by atoms with Gasteiger partial charge in [0.2, 0.25) is 0 Å². The van der Waals surface area contributed by atoms with E-state index in [1.54, 1.807) is 6.92 Å². The highest BCUT2D eigenvalue weighted by atomic mass is 35.5. The van der Waals surface area contributed by atoms with Crippen molar-refractivity contribution in [3.63, 3.8) is 0 Å². The minimum atomic E-state index is -0.660. The highest BCUT2D eigenvalue weighted by Gasteiger charge is 2.15. The maximum absolute atomic E-state index is 11.6. The van der Waals surface area contributed by atoms with E-state index >= 15 is 0 Å². The molecule has 0 radical (unpaired) electrons. The van der Waals surface area contributed by atoms with E-state index in [9.17, 15) is 9.59 Å². The van der Waals surface area contributed by atoms with Crippen LogP contribution in [-0.4, -0.2) is 24.2 Å². The Kier molecular flexibility index (Phi) is 3.90. The van der Waals surface area contributed by atoms with Crippen molar-refractivity contribution in [1.82, 2.24) is 0 Å². The highest BCUT2D eigenvalue weighted by Crippen LogP contribution is 2.16. The lowest BCUT2D eigenvalue weighted by molar-refractivity contribution is 0.0601. The number of nitrogens with two attached hydrogens (primary N) is 1. The smallest absolute Gasteiger partial charge is 0.337 e. The maximum atomic E-state index is 11.6. The largest absolute Gasteiger partial charge is 0.465 e. The third kappa shape index (κ3) is 2.73. The normalized spacial score (nSPS) is 11.9. The van der Waals surface area contributed by atoms with Crippen LogP contribution in [0, 0.1) is 0 Å². The molecular formula is C11H12ClNO3. The van der Waals surface area contributed by atoms with Crippen LogP contribution in [0.4, 0.5) is 5.69 Å². The number of benzene rings is 1. The molecule has 16 heavy (non-hydrogen) atoms. The van der Waals surface area contributed by atoms with Crippen LogP contribution >= 0.6 is 11.6 Å². The summed E-state index contributed by atoms with van der Waals surface area (Å²) in [5, 5.41) is -0.660. The van der Waals surface area contributed by atoms with Crippen molar-refractivity contribution >= 4 is 29.0 Å². The molecule has 0 aliphatic rings. The molecule has 0 bridgehead atoms. The van der Waals surface area contributed by atoms with Gasteiger partial charge in [-0.3, -0.25) is 4.79 Å². The van der Waals surface area contributed by atoms with Gasteiger partial charge >= 0.3 is 5.97 Å². The average Bonchev–Trinajstić information content (AvgIpc) is 2.25. The number of carbonyl (C=O) groups is 2. The molecule has 0 heterocycles. The first-order valence-corrected chi connectivity index (χ1v) is 5.06. The van der Waals surface area contributed by atoms with Crippen LogP contribution in [0.3, 0.4) is 0 Å². The number of anilines is 1. The first kappa shape index (κ1) is 12.5. The van der Waals surface area contributed by atoms with Gasteiger partial charge in [-0.25, -0.2) is 4.79 Å². The zero-order valence-corrected chi connectivity index (χ0v) is 9.75. The minimum Gasteiger partial charge on any atom is -0.465 e. The van der Waals surface area contributed by atoms with Crippen LogP contribution in [0.1, 0.15) is 27.6 Å². The first-order valence-electron chi connectivity index (χ1n) is 4.63. The Morgan fingerprint density at radius 1 is 1.31 bits per heavy atom. The number of rotatable bonds is 3. The molecule has 1 aromatic rings. The molecule has 1 unspecified atom stereocenters. The van der Waals surface area contributed by atoms with Crippen molar-refractivity contribution < 1.29 is 14.3 Å². The van der Waals surface area contributed by atoms with Crippen LogP contribution in [0.25, 0.3) is 0 Å². The number of esters is 1. The second-order valence-electron chi connectivity index (χ2n) is 3.32. The van der Waals surface area contributed by atoms with E-state index in [0.717, 1.165) is 0 Å². The van der Waals surface area contributed by atoms with Crippen molar-refractivity contribution in [2.24, 2.45) is 0 Å². The van der Waals surface area contributed by atoms with E-state index in [-0.39, 0.29) is 11.3 Å². The Labute approximate surface area is 98.3 Å². The van der Waals surface area contributed by atoms with Crippen LogP contribution < -0.4 is 5.73 Å². The SMILES string of the molecule is COC(=O)c1cc(N)cc(C(=O)C(C)Cl)c1. The van der Waals surface area contributed by atoms with Crippen LogP contribution in [0.15, 0.2) is 18.2 Å². The number of carbonyl (C=O) groups excluding carboxylic acids is 2. The quantitative estimate of drug-likeness (QED) is 0.380. The molecule has 1 aromatic carbocycles. The molecule has 0 spiro atoms. The zero-order valence-electron chi connectivity index (χ0n) is 8.99. The number of nitrogen functional groups attached to an aromatic ring is 1. The average molecular weight is 242 g/mol. The Morgan fingerprint density at radius 3 is 2.38 bits per heavy atom. The molecule has 0 saturated carbocycles. The molecule has 2 N–H and O–H groups in total. The molecule has 0 aromatic heterocycles. The highest BCUT2D eigenvalue weighted by molar-refractivity contribution is 6.33. The van der Waals surface area contributed by atoms with Gasteiger partial charge < -0.3 is 10.5 Å². The molecule has 86 valence electrons. The Morgan fingerprint density at radius 2 is 1.88 bits per heavy atom. The van der Waals surface area contributed by atoms with E-state index in [4.69, 9.17) is 17.3 Å². The van der Waals surface area contributed by atoms with Crippen molar-refractivity contribution in [2.45, 2.75) is 12.3 Å². The van der Waals surface area contributed by atoms with Crippen molar-refractivity contribution in [2.75, 3.05) is 12.8 Å². The van der Waals surface area contributed by atoms with Gasteiger partial charge in [0.15, 0.2) is 5.78 Å². The van der Waals surface area contributed by atoms with E-state index in [1.807, 2.05) is 0 Å². The molecule has 5 heteroatoms. The topological polar surface area (TPSA) is 69.4 Å². The standard InChI is InChI=1S/C11H12ClNO3/c1-6(12)10(14)7-3-8(11(15)16-2)5-9(13)4-7/h3-6H,13H2,1-2H3. The van der Waals surface area contributed by atoms with Crippen LogP contribution in [-0.2, 0) is 4.74 Å². The number of ketones is 1. The molecule has 1 rings (SSSR count). The Hall–Kier alpha value is -1.55. The maximum Gasteiger partial charge on any atom is 0.337 e. The van der Waals surface area contributed by atoms with Crippen molar-refractivity contribution in [3.8, 4) is 0 Å². The second-order valence-corrected chi connectivity index (χ2v) is 3.97. The van der Waals surface area contributed by atoms with Gasteiger partial charge in [0, 0.05) is 11.3 Å². The van der Waals surface area contributed by atoms with Crippen LogP contribution in [0.2, 0.25) is 0 Å². The molecule has 1 atom stereocenters. The number of methoxy groups -OCH3 is 1. The summed E-state index contributed by atoms with van der Waals surface area (Å²) < 4.78 is 4.55. The number of halogens is 1. The summed E-state index contributed by atoms with van der Waals surface area (Å²) in [7, 11) is 1.26. The summed E-state index contributed by atoms with van der Waals surface area (Å²) >= 11 is 5.67. The van der Waals surface area contributed by atoms with Gasteiger partial charge in [-0.1, -0.05) is 0 Å². The van der Waals surface area contributed by atoms with Gasteiger partial charge in [-0.05, 0) is 25.1 Å². The fraction of sp³-hybridized carbons (Fsp3) is 0.273. The van der Waals surface area contributed by atoms with Crippen LogP contribution in [0.5, 0.6) is 0 Å². The predicted octanol–water partition coefficient (Wildman–Crippen LogP) is 1.87. The zero-order chi connectivity index (χ0) is 12.3. The van der Waals surface area contributed by atoms with Gasteiger partial charge in [-0.15, -0.1) is 11.6 Å². The Bertz CT molecular complexity index is 429. The predicted molar refractivity (Wildman–Crippen MR) is 61.8 cm³/mol. The van der Waals surface area contributed by atoms with E-state index in [1.165, 1.54) is 25.3 Å². The molecule has 0 saturated heterocycles. The van der Waals surface area contributed by atoms with Gasteiger partial charge in [-0.2, -0.15) is 0 Å². The van der Waals surface area contributed by atoms with Crippen molar-refractivity contribution in [3.05, 3.63) is 29.3 Å². The third-order valence-electron chi connectivity index (χ3n) is 2.02. The molecule has 0 fully saturated rings. The number of alkyl halides is 1. The van der Waals surface area contributed by atoms with E-state index in [2.05, 4.69) is 4.74 Å². The summed E-state index contributed by atoms with van der Waals surface area (Å²) in [6.07, 6.45) is 0. The molecule has 0 amide bonds. The molecular weight excluding hydrogens is 230 g/mol. The molecule has 4 nitrogen and oxygen atoms in total. The second kappa shape index (κ2) is 4.99. The number of ether oxygens (including phenoxy) is 1. The summed E-state index contributed by atoms with van der Waals surface area (Å²) in [4.78, 5) is 22.9. The van der Waals surface area contributed by atoms with E-state index in [0.29, 0.717) is 11.3 Å². The summed E-state index contributed by atoms with van der Waals surface area (Å²) in [6, 6.07) is 4.35. The van der Waals surface area contributed by atoms with Crippen molar-refractivity contribution in [1.29, 1.82) is 0 Å². The lowest BCUT2D eigenvalue weighted by Crippen LogP contribution is -2.12. The van der Waals surface area contributed by atoms with Gasteiger partial charge in [0.1, 0.15) is 0 Å². The molecule has 0 aliphatic heterocycles.